The molecule has 2 aromatic rings. The molecule has 1 aromatic carbocycles. The zero-order chi connectivity index (χ0) is 15.5. The number of benzene rings is 1. The third-order valence-corrected chi connectivity index (χ3v) is 4.37. The van der Waals surface area contributed by atoms with Gasteiger partial charge < -0.3 is 5.32 Å². The van der Waals surface area contributed by atoms with E-state index in [0.717, 1.165) is 23.7 Å². The van der Waals surface area contributed by atoms with E-state index in [1.165, 1.54) is 6.07 Å². The Labute approximate surface area is 123 Å². The maximum absolute atomic E-state index is 12.2. The second-order valence-electron chi connectivity index (χ2n) is 3.74. The van der Waals surface area contributed by atoms with Gasteiger partial charge in [0.2, 0.25) is 5.13 Å². The molecule has 0 spiro atoms. The number of hydrogen-bond acceptors (Lipinski definition) is 9. The average Bonchev–Trinajstić information content (AvgIpc) is 2.91. The molecule has 1 aromatic heterocycles. The highest BCUT2D eigenvalue weighted by atomic mass is 32.2. The predicted octanol–water partition coefficient (Wildman–Crippen LogP) is 1.07. The number of nitro groups is 1. The van der Waals surface area contributed by atoms with Gasteiger partial charge in [-0.2, -0.15) is 0 Å². The van der Waals surface area contributed by atoms with Crippen molar-refractivity contribution in [3.63, 3.8) is 0 Å². The lowest BCUT2D eigenvalue weighted by atomic mass is 10.3. The van der Waals surface area contributed by atoms with Gasteiger partial charge in [0.25, 0.3) is 15.7 Å². The fraction of sp³-hybridized carbons (Fsp3) is 0.222. The molecule has 2 N–H and O–H groups in total. The Morgan fingerprint density at radius 2 is 2.19 bits per heavy atom. The Balaban J connectivity index is 2.44. The van der Waals surface area contributed by atoms with Crippen LogP contribution in [0.5, 0.6) is 0 Å². The summed E-state index contributed by atoms with van der Waals surface area (Å²) in [5.41, 5.74) is -0.0702. The minimum Gasteiger partial charge on any atom is -0.385 e. The molecule has 0 saturated carbocycles. The highest BCUT2D eigenvalue weighted by Crippen LogP contribution is 2.28. The van der Waals surface area contributed by atoms with Crippen LogP contribution in [-0.2, 0) is 10.0 Å². The number of nitro benzene ring substituents is 1. The van der Waals surface area contributed by atoms with Crippen molar-refractivity contribution < 1.29 is 13.3 Å². The summed E-state index contributed by atoms with van der Waals surface area (Å²) in [5.74, 6) is 0. The summed E-state index contributed by atoms with van der Waals surface area (Å²) in [4.78, 5) is 9.86. The fourth-order valence-electron chi connectivity index (χ4n) is 1.54. The van der Waals surface area contributed by atoms with E-state index in [1.54, 1.807) is 0 Å². The van der Waals surface area contributed by atoms with E-state index >= 15 is 0 Å². The number of nitrogens with zero attached hydrogens (tertiary/aromatic N) is 4. The maximum atomic E-state index is 12.2. The van der Waals surface area contributed by atoms with Crippen LogP contribution in [0.15, 0.2) is 23.1 Å². The van der Waals surface area contributed by atoms with E-state index in [-0.39, 0.29) is 5.13 Å². The van der Waals surface area contributed by atoms with E-state index in [0.29, 0.717) is 12.2 Å². The number of sulfonamides is 1. The average molecular weight is 330 g/mol. The normalized spacial score (nSPS) is 11.1. The molecule has 0 unspecified atom stereocenters. The number of hydrogen-bond donors (Lipinski definition) is 2. The molecule has 0 saturated heterocycles. The summed E-state index contributed by atoms with van der Waals surface area (Å²) in [6.45, 7) is 2.37. The van der Waals surface area contributed by atoms with Crippen LogP contribution < -0.4 is 10.0 Å². The highest BCUT2D eigenvalue weighted by molar-refractivity contribution is 7.93. The molecule has 0 amide bonds. The van der Waals surface area contributed by atoms with Crippen molar-refractivity contribution in [1.82, 2.24) is 14.8 Å². The van der Waals surface area contributed by atoms with Gasteiger partial charge in [0.15, 0.2) is 4.90 Å². The topological polar surface area (TPSA) is 140 Å². The Morgan fingerprint density at radius 1 is 1.43 bits per heavy atom. The zero-order valence-electron chi connectivity index (χ0n) is 10.7. The Kier molecular flexibility index (Phi) is 4.28. The SMILES string of the molecule is CCNc1ccc(S(=O)(=O)Nc2nnns2)c([N+](=O)[O-])c1. The molecule has 0 atom stereocenters. The summed E-state index contributed by atoms with van der Waals surface area (Å²) in [6.07, 6.45) is 0. The molecule has 10 nitrogen and oxygen atoms in total. The van der Waals surface area contributed by atoms with Gasteiger partial charge in [-0.15, -0.1) is 0 Å². The van der Waals surface area contributed by atoms with Crippen molar-refractivity contribution in [2.75, 3.05) is 16.6 Å². The van der Waals surface area contributed by atoms with Gasteiger partial charge in [0.1, 0.15) is 0 Å². The van der Waals surface area contributed by atoms with Gasteiger partial charge >= 0.3 is 0 Å². The lowest BCUT2D eigenvalue weighted by Crippen LogP contribution is -2.15. The number of anilines is 2. The monoisotopic (exact) mass is 330 g/mol. The van der Waals surface area contributed by atoms with Crippen LogP contribution in [0, 0.1) is 10.1 Å². The summed E-state index contributed by atoms with van der Waals surface area (Å²) < 4.78 is 29.8. The van der Waals surface area contributed by atoms with E-state index in [4.69, 9.17) is 0 Å². The number of rotatable bonds is 6. The van der Waals surface area contributed by atoms with Crippen LogP contribution in [0.3, 0.4) is 0 Å². The first-order valence-electron chi connectivity index (χ1n) is 5.64. The third-order valence-electron chi connectivity index (χ3n) is 2.35. The molecule has 0 aliphatic heterocycles. The van der Waals surface area contributed by atoms with Crippen molar-refractivity contribution in [1.29, 1.82) is 0 Å². The first-order valence-corrected chi connectivity index (χ1v) is 7.90. The molecule has 0 radical (unpaired) electrons. The molecule has 0 aliphatic rings. The number of aromatic nitrogens is 3. The van der Waals surface area contributed by atoms with Crippen LogP contribution in [0.2, 0.25) is 0 Å². The summed E-state index contributed by atoms with van der Waals surface area (Å²) in [5, 5.41) is 20.6. The standard InChI is InChI=1S/C9H10N6O4S2/c1-2-10-6-3-4-8(7(5-6)15(16)17)21(18,19)12-9-11-13-14-20-9/h3-5,10H,2H2,1H3,(H,11,12,14). The molecular formula is C9H10N6O4S2. The van der Waals surface area contributed by atoms with Gasteiger partial charge in [0, 0.05) is 29.8 Å². The predicted molar refractivity (Wildman–Crippen MR) is 75.8 cm³/mol. The van der Waals surface area contributed by atoms with Crippen molar-refractivity contribution in [2.24, 2.45) is 0 Å². The van der Waals surface area contributed by atoms with Crippen LogP contribution in [0.4, 0.5) is 16.5 Å². The van der Waals surface area contributed by atoms with Crippen LogP contribution in [0.25, 0.3) is 0 Å². The van der Waals surface area contributed by atoms with Crippen LogP contribution in [0.1, 0.15) is 6.92 Å². The first-order chi connectivity index (χ1) is 9.94. The Morgan fingerprint density at radius 3 is 2.76 bits per heavy atom. The van der Waals surface area contributed by atoms with Crippen LogP contribution in [-0.4, -0.2) is 34.7 Å². The first kappa shape index (κ1) is 15.1. The second-order valence-corrected chi connectivity index (χ2v) is 6.13. The van der Waals surface area contributed by atoms with Crippen molar-refractivity contribution in [2.45, 2.75) is 11.8 Å². The van der Waals surface area contributed by atoms with Crippen LogP contribution >= 0.6 is 11.5 Å². The lowest BCUT2D eigenvalue weighted by molar-refractivity contribution is -0.387. The lowest BCUT2D eigenvalue weighted by Gasteiger charge is -2.08. The van der Waals surface area contributed by atoms with E-state index in [2.05, 4.69) is 24.8 Å². The summed E-state index contributed by atoms with van der Waals surface area (Å²) in [7, 11) is -4.14. The largest absolute Gasteiger partial charge is 0.385 e. The molecule has 0 fully saturated rings. The Hall–Kier alpha value is -2.34. The van der Waals surface area contributed by atoms with Gasteiger partial charge in [-0.3, -0.25) is 14.8 Å². The summed E-state index contributed by atoms with van der Waals surface area (Å²) in [6, 6.07) is 3.77. The van der Waals surface area contributed by atoms with E-state index in [9.17, 15) is 18.5 Å². The van der Waals surface area contributed by atoms with Gasteiger partial charge in [-0.05, 0) is 24.3 Å². The van der Waals surface area contributed by atoms with Gasteiger partial charge in [0.05, 0.1) is 4.92 Å². The molecular weight excluding hydrogens is 320 g/mol. The minimum atomic E-state index is -4.14. The van der Waals surface area contributed by atoms with Gasteiger partial charge in [-0.25, -0.2) is 8.42 Å². The molecule has 1 heterocycles. The molecule has 12 heteroatoms. The minimum absolute atomic E-state index is 0.0694. The fourth-order valence-corrected chi connectivity index (χ4v) is 3.28. The summed E-state index contributed by atoms with van der Waals surface area (Å²) >= 11 is 0.725. The number of nitrogens with one attached hydrogen (secondary N) is 2. The molecule has 2 rings (SSSR count). The molecule has 0 aliphatic carbocycles. The van der Waals surface area contributed by atoms with E-state index < -0.39 is 25.5 Å². The molecule has 0 bridgehead atoms. The maximum Gasteiger partial charge on any atom is 0.291 e. The second kappa shape index (κ2) is 5.97. The highest BCUT2D eigenvalue weighted by Gasteiger charge is 2.27. The quantitative estimate of drug-likeness (QED) is 0.592. The smallest absolute Gasteiger partial charge is 0.291 e. The molecule has 21 heavy (non-hydrogen) atoms. The van der Waals surface area contributed by atoms with Crippen molar-refractivity contribution >= 4 is 38.1 Å². The van der Waals surface area contributed by atoms with Crippen molar-refractivity contribution in [3.8, 4) is 0 Å². The Bertz CT molecular complexity index is 746. The zero-order valence-corrected chi connectivity index (χ0v) is 12.3. The van der Waals surface area contributed by atoms with E-state index in [1.807, 2.05) is 6.92 Å². The molecule has 112 valence electrons. The third kappa shape index (κ3) is 3.41. The van der Waals surface area contributed by atoms with Gasteiger partial charge in [-0.1, -0.05) is 9.59 Å². The van der Waals surface area contributed by atoms with Crippen molar-refractivity contribution in [3.05, 3.63) is 28.3 Å².